The summed E-state index contributed by atoms with van der Waals surface area (Å²) in [5.41, 5.74) is 2.42. The molecule has 1 aromatic carbocycles. The predicted octanol–water partition coefficient (Wildman–Crippen LogP) is 4.42. The number of ketones is 1. The van der Waals surface area contributed by atoms with E-state index in [0.29, 0.717) is 24.3 Å². The van der Waals surface area contributed by atoms with Crippen LogP contribution in [0.4, 0.5) is 0 Å². The molecular formula is C23H28N2O. The van der Waals surface area contributed by atoms with Gasteiger partial charge in [-0.3, -0.25) is 14.7 Å². The third kappa shape index (κ3) is 4.04. The number of aromatic nitrogens is 1. The smallest absolute Gasteiger partial charge is 0.136 e. The molecule has 2 aromatic rings. The van der Waals surface area contributed by atoms with Crippen molar-refractivity contribution in [2.45, 2.75) is 63.6 Å². The maximum Gasteiger partial charge on any atom is 0.136 e. The monoisotopic (exact) mass is 348 g/mol. The van der Waals surface area contributed by atoms with E-state index < -0.39 is 0 Å². The van der Waals surface area contributed by atoms with E-state index in [0.717, 1.165) is 31.5 Å². The Labute approximate surface area is 156 Å². The average Bonchev–Trinajstić information content (AvgIpc) is 2.67. The Morgan fingerprint density at radius 3 is 2.42 bits per heavy atom. The number of aryl methyl sites for hydroxylation is 1. The van der Waals surface area contributed by atoms with Gasteiger partial charge in [-0.1, -0.05) is 42.8 Å². The number of Topliss-reactive ketones (excluding diaryl/α,β-unsaturated/α-hetero) is 1. The van der Waals surface area contributed by atoms with Crippen LogP contribution in [0.1, 0.15) is 49.8 Å². The molecule has 136 valence electrons. The number of nitrogens with zero attached hydrogens (tertiary/aromatic N) is 2. The van der Waals surface area contributed by atoms with Crippen molar-refractivity contribution < 1.29 is 4.79 Å². The van der Waals surface area contributed by atoms with Gasteiger partial charge >= 0.3 is 0 Å². The highest BCUT2D eigenvalue weighted by atomic mass is 16.1. The van der Waals surface area contributed by atoms with Crippen LogP contribution >= 0.6 is 0 Å². The average molecular weight is 348 g/mol. The lowest BCUT2D eigenvalue weighted by atomic mass is 9.76. The van der Waals surface area contributed by atoms with Crippen molar-refractivity contribution in [2.24, 2.45) is 5.92 Å². The summed E-state index contributed by atoms with van der Waals surface area (Å²) in [7, 11) is 0. The van der Waals surface area contributed by atoms with Crippen molar-refractivity contribution in [1.82, 2.24) is 9.88 Å². The van der Waals surface area contributed by atoms with Crippen molar-refractivity contribution in [3.8, 4) is 0 Å². The number of carbonyl (C=O) groups is 1. The van der Waals surface area contributed by atoms with Crippen LogP contribution in [-0.4, -0.2) is 27.8 Å². The minimum absolute atomic E-state index is 0.251. The summed E-state index contributed by atoms with van der Waals surface area (Å²) >= 11 is 0. The minimum Gasteiger partial charge on any atom is -0.299 e. The standard InChI is InChI=1S/C23H28N2O/c26-23(13-12-20-9-4-5-14-24-20)19-15-21-10-6-11-22(16-19)25(21)17-18-7-2-1-3-8-18/h1-5,7-9,14,19,21-22H,6,10-13,15-17H2. The van der Waals surface area contributed by atoms with E-state index in [1.807, 2.05) is 24.4 Å². The van der Waals surface area contributed by atoms with E-state index in [1.165, 1.54) is 24.8 Å². The summed E-state index contributed by atoms with van der Waals surface area (Å²) in [4.78, 5) is 19.9. The Bertz CT molecular complexity index is 702. The molecule has 0 aliphatic carbocycles. The SMILES string of the molecule is O=C(CCc1ccccn1)C1CC2CCCC(C1)N2Cc1ccccc1. The third-order valence-electron chi connectivity index (χ3n) is 6.14. The third-order valence-corrected chi connectivity index (χ3v) is 6.14. The quantitative estimate of drug-likeness (QED) is 0.775. The lowest BCUT2D eigenvalue weighted by Gasteiger charge is -2.48. The van der Waals surface area contributed by atoms with Gasteiger partial charge in [0, 0.05) is 42.9 Å². The predicted molar refractivity (Wildman–Crippen MR) is 104 cm³/mol. The normalized spacial score (nSPS) is 25.8. The fourth-order valence-corrected chi connectivity index (χ4v) is 4.80. The van der Waals surface area contributed by atoms with Crippen molar-refractivity contribution in [1.29, 1.82) is 0 Å². The molecule has 2 atom stereocenters. The fraction of sp³-hybridized carbons (Fsp3) is 0.478. The second kappa shape index (κ2) is 8.13. The Morgan fingerprint density at radius 2 is 1.73 bits per heavy atom. The zero-order chi connectivity index (χ0) is 17.8. The highest BCUT2D eigenvalue weighted by Gasteiger charge is 2.40. The molecule has 4 rings (SSSR count). The molecule has 0 radical (unpaired) electrons. The van der Waals surface area contributed by atoms with Crippen LogP contribution in [0.15, 0.2) is 54.7 Å². The van der Waals surface area contributed by atoms with Gasteiger partial charge in [-0.2, -0.15) is 0 Å². The van der Waals surface area contributed by atoms with Crippen LogP contribution in [0, 0.1) is 5.92 Å². The molecule has 2 saturated heterocycles. The molecule has 26 heavy (non-hydrogen) atoms. The van der Waals surface area contributed by atoms with E-state index >= 15 is 0 Å². The van der Waals surface area contributed by atoms with E-state index in [4.69, 9.17) is 0 Å². The molecule has 0 spiro atoms. The molecule has 0 N–H and O–H groups in total. The van der Waals surface area contributed by atoms with Gasteiger partial charge in [0.25, 0.3) is 0 Å². The van der Waals surface area contributed by atoms with E-state index in [-0.39, 0.29) is 5.92 Å². The molecule has 2 unspecified atom stereocenters. The zero-order valence-electron chi connectivity index (χ0n) is 15.4. The van der Waals surface area contributed by atoms with Crippen LogP contribution < -0.4 is 0 Å². The van der Waals surface area contributed by atoms with E-state index in [2.05, 4.69) is 40.2 Å². The maximum atomic E-state index is 12.8. The fourth-order valence-electron chi connectivity index (χ4n) is 4.80. The van der Waals surface area contributed by atoms with Gasteiger partial charge in [0.2, 0.25) is 0 Å². The van der Waals surface area contributed by atoms with Crippen LogP contribution in [0.25, 0.3) is 0 Å². The number of fused-ring (bicyclic) bond motifs is 2. The van der Waals surface area contributed by atoms with Gasteiger partial charge < -0.3 is 0 Å². The molecule has 0 saturated carbocycles. The van der Waals surface area contributed by atoms with Crippen molar-refractivity contribution in [3.05, 3.63) is 66.0 Å². The van der Waals surface area contributed by atoms with Crippen LogP contribution in [0.3, 0.4) is 0 Å². The highest BCUT2D eigenvalue weighted by Crippen LogP contribution is 2.38. The van der Waals surface area contributed by atoms with Crippen LogP contribution in [0.5, 0.6) is 0 Å². The molecule has 2 fully saturated rings. The van der Waals surface area contributed by atoms with Gasteiger partial charge in [0.15, 0.2) is 0 Å². The number of hydrogen-bond acceptors (Lipinski definition) is 3. The van der Waals surface area contributed by atoms with Crippen LogP contribution in [0.2, 0.25) is 0 Å². The van der Waals surface area contributed by atoms with E-state index in [9.17, 15) is 4.79 Å². The van der Waals surface area contributed by atoms with Gasteiger partial charge in [-0.15, -0.1) is 0 Å². The topological polar surface area (TPSA) is 33.2 Å². The largest absolute Gasteiger partial charge is 0.299 e. The number of carbonyl (C=O) groups excluding carboxylic acids is 1. The Kier molecular flexibility index (Phi) is 5.45. The minimum atomic E-state index is 0.251. The van der Waals surface area contributed by atoms with Gasteiger partial charge in [0.1, 0.15) is 5.78 Å². The molecule has 2 aliphatic rings. The summed E-state index contributed by atoms with van der Waals surface area (Å²) in [5, 5.41) is 0. The molecule has 2 bridgehead atoms. The molecule has 3 heterocycles. The summed E-state index contributed by atoms with van der Waals surface area (Å²) in [6, 6.07) is 17.9. The molecule has 1 aromatic heterocycles. The van der Waals surface area contributed by atoms with E-state index in [1.54, 1.807) is 0 Å². The number of piperidine rings is 2. The van der Waals surface area contributed by atoms with Crippen molar-refractivity contribution in [2.75, 3.05) is 0 Å². The first-order chi connectivity index (χ1) is 12.8. The Morgan fingerprint density at radius 1 is 1.00 bits per heavy atom. The molecule has 0 amide bonds. The molecule has 3 heteroatoms. The first kappa shape index (κ1) is 17.4. The Balaban J connectivity index is 1.37. The number of hydrogen-bond donors (Lipinski definition) is 0. The van der Waals surface area contributed by atoms with Crippen molar-refractivity contribution >= 4 is 5.78 Å². The number of pyridine rings is 1. The molecule has 2 aliphatic heterocycles. The van der Waals surface area contributed by atoms with Gasteiger partial charge in [0.05, 0.1) is 0 Å². The summed E-state index contributed by atoms with van der Waals surface area (Å²) in [6.45, 7) is 1.03. The Hall–Kier alpha value is -2.00. The van der Waals surface area contributed by atoms with Crippen molar-refractivity contribution in [3.63, 3.8) is 0 Å². The maximum absolute atomic E-state index is 12.8. The second-order valence-corrected chi connectivity index (χ2v) is 7.85. The molecular weight excluding hydrogens is 320 g/mol. The second-order valence-electron chi connectivity index (χ2n) is 7.85. The van der Waals surface area contributed by atoms with Gasteiger partial charge in [-0.25, -0.2) is 0 Å². The summed E-state index contributed by atoms with van der Waals surface area (Å²) < 4.78 is 0. The summed E-state index contributed by atoms with van der Waals surface area (Å²) in [5.74, 6) is 0.702. The first-order valence-corrected chi connectivity index (χ1v) is 10.0. The molecule has 3 nitrogen and oxygen atoms in total. The van der Waals surface area contributed by atoms with Gasteiger partial charge in [-0.05, 0) is 49.8 Å². The lowest BCUT2D eigenvalue weighted by molar-refractivity contribution is -0.127. The number of benzene rings is 1. The zero-order valence-corrected chi connectivity index (χ0v) is 15.4. The number of rotatable bonds is 6. The first-order valence-electron chi connectivity index (χ1n) is 10.0. The van der Waals surface area contributed by atoms with Crippen LogP contribution in [-0.2, 0) is 17.8 Å². The highest BCUT2D eigenvalue weighted by molar-refractivity contribution is 5.81. The lowest BCUT2D eigenvalue weighted by Crippen LogP contribution is -2.52. The summed E-state index contributed by atoms with van der Waals surface area (Å²) in [6.07, 6.45) is 9.12.